The molecule has 162 valence electrons. The molecule has 1 atom stereocenters. The maximum atomic E-state index is 14.0. The summed E-state index contributed by atoms with van der Waals surface area (Å²) in [4.78, 5) is 28.6. The maximum absolute atomic E-state index is 14.0. The van der Waals surface area contributed by atoms with E-state index in [2.05, 4.69) is 50.0 Å². The molecule has 0 bridgehead atoms. The Hall–Kier alpha value is -3.15. The minimum absolute atomic E-state index is 0.0871. The third kappa shape index (κ3) is 3.82. The van der Waals surface area contributed by atoms with E-state index in [-0.39, 0.29) is 17.8 Å². The molecule has 0 aliphatic carbocycles. The van der Waals surface area contributed by atoms with Gasteiger partial charge in [0.2, 0.25) is 0 Å². The van der Waals surface area contributed by atoms with Crippen LogP contribution in [0, 0.1) is 5.82 Å². The Balaban J connectivity index is 1.61. The van der Waals surface area contributed by atoms with Crippen LogP contribution in [-0.2, 0) is 11.3 Å². The zero-order chi connectivity index (χ0) is 22.3. The lowest BCUT2D eigenvalue weighted by atomic mass is 9.79. The van der Waals surface area contributed by atoms with Gasteiger partial charge in [-0.25, -0.2) is 9.18 Å². The summed E-state index contributed by atoms with van der Waals surface area (Å²) < 4.78 is 14.0. The van der Waals surface area contributed by atoms with Gasteiger partial charge in [-0.05, 0) is 68.5 Å². The van der Waals surface area contributed by atoms with Crippen molar-refractivity contribution >= 4 is 23.7 Å². The quantitative estimate of drug-likeness (QED) is 0.556. The first-order chi connectivity index (χ1) is 14.7. The van der Waals surface area contributed by atoms with Gasteiger partial charge in [0, 0.05) is 23.3 Å². The van der Waals surface area contributed by atoms with Gasteiger partial charge in [0.1, 0.15) is 11.5 Å². The van der Waals surface area contributed by atoms with E-state index in [4.69, 9.17) is 0 Å². The number of nitrogens with one attached hydrogen (secondary N) is 1. The number of hydrogen-bond acceptors (Lipinski definition) is 3. The van der Waals surface area contributed by atoms with Crippen molar-refractivity contribution in [2.75, 3.05) is 11.4 Å². The van der Waals surface area contributed by atoms with Gasteiger partial charge in [-0.2, -0.15) is 0 Å². The molecule has 1 N–H and O–H groups in total. The summed E-state index contributed by atoms with van der Waals surface area (Å²) in [5, 5.41) is 2.63. The molecule has 1 fully saturated rings. The number of imide groups is 1. The molecular formula is C25H28FN3O2. The van der Waals surface area contributed by atoms with Crippen LogP contribution in [0.3, 0.4) is 0 Å². The smallest absolute Gasteiger partial charge is 0.329 e. The van der Waals surface area contributed by atoms with E-state index >= 15 is 0 Å². The van der Waals surface area contributed by atoms with Gasteiger partial charge in [0.05, 0.1) is 6.54 Å². The van der Waals surface area contributed by atoms with Gasteiger partial charge in [0.15, 0.2) is 0 Å². The van der Waals surface area contributed by atoms with E-state index in [1.54, 1.807) is 24.3 Å². The van der Waals surface area contributed by atoms with Crippen molar-refractivity contribution in [3.63, 3.8) is 0 Å². The number of anilines is 1. The highest BCUT2D eigenvalue weighted by Gasteiger charge is 2.36. The number of benzene rings is 2. The number of nitrogens with zero attached hydrogens (tertiary/aromatic N) is 2. The Morgan fingerprint density at radius 1 is 1.19 bits per heavy atom. The molecule has 2 aromatic carbocycles. The van der Waals surface area contributed by atoms with Crippen LogP contribution in [-0.4, -0.2) is 28.9 Å². The molecule has 5 nitrogen and oxygen atoms in total. The summed E-state index contributed by atoms with van der Waals surface area (Å²) >= 11 is 0. The van der Waals surface area contributed by atoms with Crippen LogP contribution in [0.4, 0.5) is 14.9 Å². The summed E-state index contributed by atoms with van der Waals surface area (Å²) in [6.07, 6.45) is 2.74. The summed E-state index contributed by atoms with van der Waals surface area (Å²) in [6.45, 7) is 9.74. The van der Waals surface area contributed by atoms with Gasteiger partial charge < -0.3 is 10.2 Å². The van der Waals surface area contributed by atoms with Crippen molar-refractivity contribution < 1.29 is 14.0 Å². The molecule has 4 rings (SSSR count). The number of fused-ring (bicyclic) bond motifs is 1. The monoisotopic (exact) mass is 421 g/mol. The minimum Gasteiger partial charge on any atom is -0.366 e. The van der Waals surface area contributed by atoms with Crippen LogP contribution in [0.5, 0.6) is 0 Å². The van der Waals surface area contributed by atoms with Crippen molar-refractivity contribution in [1.82, 2.24) is 10.2 Å². The molecule has 3 amide bonds. The zero-order valence-corrected chi connectivity index (χ0v) is 18.4. The second-order valence-electron chi connectivity index (χ2n) is 8.95. The highest BCUT2D eigenvalue weighted by molar-refractivity contribution is 6.13. The van der Waals surface area contributed by atoms with Crippen LogP contribution in [0.25, 0.3) is 6.08 Å². The Labute approximate surface area is 182 Å². The normalized spacial score (nSPS) is 21.5. The Morgan fingerprint density at radius 3 is 2.65 bits per heavy atom. The second-order valence-corrected chi connectivity index (χ2v) is 8.95. The molecule has 31 heavy (non-hydrogen) atoms. The van der Waals surface area contributed by atoms with Crippen LogP contribution >= 0.6 is 0 Å². The maximum Gasteiger partial charge on any atom is 0.329 e. The molecule has 1 saturated heterocycles. The van der Waals surface area contributed by atoms with E-state index in [1.165, 1.54) is 17.3 Å². The lowest BCUT2D eigenvalue weighted by Gasteiger charge is -2.47. The summed E-state index contributed by atoms with van der Waals surface area (Å²) in [6, 6.07) is 11.8. The van der Waals surface area contributed by atoms with Crippen LogP contribution in [0.15, 0.2) is 48.2 Å². The number of rotatable bonds is 4. The lowest BCUT2D eigenvalue weighted by molar-refractivity contribution is -0.123. The Kier molecular flexibility index (Phi) is 5.33. The molecule has 2 aliphatic heterocycles. The first-order valence-corrected chi connectivity index (χ1v) is 10.7. The van der Waals surface area contributed by atoms with Crippen molar-refractivity contribution in [3.8, 4) is 0 Å². The zero-order valence-electron chi connectivity index (χ0n) is 18.4. The van der Waals surface area contributed by atoms with Crippen molar-refractivity contribution in [1.29, 1.82) is 0 Å². The standard InChI is InChI=1S/C25H28FN3O2/c1-5-29-22-11-10-17(12-19(22)16(2)14-25(29,3)4)13-21-23(30)28(24(31)27-21)15-18-8-6-7-9-20(18)26/h6-13,16H,5,14-15H2,1-4H3,(H,27,31)/b21-13-/t16-/m1/s1. The van der Waals surface area contributed by atoms with Crippen LogP contribution in [0.1, 0.15) is 56.7 Å². The average Bonchev–Trinajstić information content (AvgIpc) is 2.97. The first-order valence-electron chi connectivity index (χ1n) is 10.7. The number of carbonyl (C=O) groups excluding carboxylic acids is 2. The van der Waals surface area contributed by atoms with Crippen molar-refractivity contribution in [3.05, 3.63) is 70.7 Å². The van der Waals surface area contributed by atoms with Gasteiger partial charge in [-0.3, -0.25) is 9.69 Å². The first kappa shape index (κ1) is 21.1. The number of halogens is 1. The fourth-order valence-corrected chi connectivity index (χ4v) is 4.88. The lowest BCUT2D eigenvalue weighted by Crippen LogP contribution is -2.48. The molecule has 0 radical (unpaired) electrons. The number of urea groups is 1. The molecule has 2 aromatic rings. The highest BCUT2D eigenvalue weighted by Crippen LogP contribution is 2.43. The average molecular weight is 422 g/mol. The Bertz CT molecular complexity index is 1080. The van der Waals surface area contributed by atoms with Gasteiger partial charge in [-0.1, -0.05) is 31.2 Å². The molecule has 0 unspecified atom stereocenters. The summed E-state index contributed by atoms with van der Waals surface area (Å²) in [7, 11) is 0. The molecule has 6 heteroatoms. The molecular weight excluding hydrogens is 393 g/mol. The van der Waals surface area contributed by atoms with E-state index in [1.807, 2.05) is 6.07 Å². The molecule has 0 saturated carbocycles. The number of carbonyl (C=O) groups is 2. The number of hydrogen-bond donors (Lipinski definition) is 1. The van der Waals surface area contributed by atoms with Crippen molar-refractivity contribution in [2.24, 2.45) is 0 Å². The van der Waals surface area contributed by atoms with E-state index in [9.17, 15) is 14.0 Å². The number of amides is 3. The summed E-state index contributed by atoms with van der Waals surface area (Å²) in [5.74, 6) is -0.500. The van der Waals surface area contributed by atoms with Crippen LogP contribution in [0.2, 0.25) is 0 Å². The molecule has 2 aliphatic rings. The topological polar surface area (TPSA) is 52.7 Å². The predicted octanol–water partition coefficient (Wildman–Crippen LogP) is 5.03. The second kappa shape index (κ2) is 7.84. The third-order valence-corrected chi connectivity index (χ3v) is 6.29. The van der Waals surface area contributed by atoms with Gasteiger partial charge >= 0.3 is 6.03 Å². The predicted molar refractivity (Wildman–Crippen MR) is 120 cm³/mol. The molecule has 0 aromatic heterocycles. The molecule has 0 spiro atoms. The van der Waals surface area contributed by atoms with E-state index in [0.717, 1.165) is 23.4 Å². The fourth-order valence-electron chi connectivity index (χ4n) is 4.88. The Morgan fingerprint density at radius 2 is 1.94 bits per heavy atom. The highest BCUT2D eigenvalue weighted by atomic mass is 19.1. The van der Waals surface area contributed by atoms with E-state index in [0.29, 0.717) is 11.5 Å². The van der Waals surface area contributed by atoms with E-state index < -0.39 is 17.8 Å². The molecule has 2 heterocycles. The SMILES string of the molecule is CCN1c2ccc(/C=C3\NC(=O)N(Cc4ccccc4F)C3=O)cc2[C@H](C)CC1(C)C. The minimum atomic E-state index is -0.537. The van der Waals surface area contributed by atoms with Gasteiger partial charge in [-0.15, -0.1) is 0 Å². The fraction of sp³-hybridized carbons (Fsp3) is 0.360. The van der Waals surface area contributed by atoms with Crippen molar-refractivity contribution in [2.45, 2.75) is 52.1 Å². The largest absolute Gasteiger partial charge is 0.366 e. The van der Waals surface area contributed by atoms with Gasteiger partial charge in [0.25, 0.3) is 5.91 Å². The summed E-state index contributed by atoms with van der Waals surface area (Å²) in [5.41, 5.74) is 3.92. The third-order valence-electron chi connectivity index (χ3n) is 6.29. The van der Waals surface area contributed by atoms with Crippen LogP contribution < -0.4 is 10.2 Å².